The summed E-state index contributed by atoms with van der Waals surface area (Å²) in [6, 6.07) is 5.34. The van der Waals surface area contributed by atoms with Crippen LogP contribution in [0.15, 0.2) is 22.6 Å². The molecular formula is C16H21N3O3. The van der Waals surface area contributed by atoms with Gasteiger partial charge in [-0.3, -0.25) is 0 Å². The minimum atomic E-state index is -0.128. The second kappa shape index (κ2) is 6.36. The van der Waals surface area contributed by atoms with E-state index in [1.807, 2.05) is 25.1 Å². The Hall–Kier alpha value is -2.08. The summed E-state index contributed by atoms with van der Waals surface area (Å²) < 4.78 is 5.56. The van der Waals surface area contributed by atoms with Gasteiger partial charge in [-0.1, -0.05) is 6.92 Å². The molecule has 22 heavy (non-hydrogen) atoms. The van der Waals surface area contributed by atoms with Gasteiger partial charge in [0.1, 0.15) is 5.52 Å². The Labute approximate surface area is 129 Å². The molecule has 118 valence electrons. The first-order valence-electron chi connectivity index (χ1n) is 7.76. The number of carbonyl (C=O) groups is 1. The summed E-state index contributed by atoms with van der Waals surface area (Å²) in [5, 5.41) is 12.1. The molecule has 0 bridgehead atoms. The van der Waals surface area contributed by atoms with Gasteiger partial charge in [-0.15, -0.1) is 0 Å². The van der Waals surface area contributed by atoms with Gasteiger partial charge in [0.25, 0.3) is 0 Å². The van der Waals surface area contributed by atoms with Crippen LogP contribution in [0, 0.1) is 5.92 Å². The van der Waals surface area contributed by atoms with Crippen LogP contribution >= 0.6 is 0 Å². The normalized spacial score (nSPS) is 18.6. The summed E-state index contributed by atoms with van der Waals surface area (Å²) in [7, 11) is 0. The number of aryl methyl sites for hydroxylation is 1. The van der Waals surface area contributed by atoms with Crippen molar-refractivity contribution in [3.05, 3.63) is 24.1 Å². The van der Waals surface area contributed by atoms with Crippen molar-refractivity contribution >= 4 is 22.8 Å². The number of nitrogens with one attached hydrogen (secondary N) is 1. The van der Waals surface area contributed by atoms with Crippen molar-refractivity contribution in [1.29, 1.82) is 0 Å². The molecule has 1 atom stereocenters. The first-order chi connectivity index (χ1) is 10.7. The lowest BCUT2D eigenvalue weighted by atomic mass is 9.99. The lowest BCUT2D eigenvalue weighted by Crippen LogP contribution is -2.43. The number of urea groups is 1. The summed E-state index contributed by atoms with van der Waals surface area (Å²) in [6.45, 7) is 3.46. The smallest absolute Gasteiger partial charge is 0.321 e. The molecule has 1 aliphatic heterocycles. The Balaban J connectivity index is 1.70. The molecule has 2 N–H and O–H groups in total. The number of benzene rings is 1. The number of aliphatic hydroxyl groups excluding tert-OH is 1. The fourth-order valence-electron chi connectivity index (χ4n) is 2.81. The third kappa shape index (κ3) is 3.06. The Morgan fingerprint density at radius 3 is 3.18 bits per heavy atom. The number of hydrogen-bond donors (Lipinski definition) is 2. The Morgan fingerprint density at radius 1 is 1.55 bits per heavy atom. The van der Waals surface area contributed by atoms with Crippen LogP contribution < -0.4 is 5.32 Å². The maximum absolute atomic E-state index is 12.3. The minimum absolute atomic E-state index is 0.128. The molecule has 0 saturated carbocycles. The van der Waals surface area contributed by atoms with Crippen molar-refractivity contribution in [2.24, 2.45) is 5.92 Å². The highest BCUT2D eigenvalue weighted by molar-refractivity contribution is 5.91. The summed E-state index contributed by atoms with van der Waals surface area (Å²) in [5.74, 6) is 0.880. The van der Waals surface area contributed by atoms with Crippen LogP contribution in [0.25, 0.3) is 11.1 Å². The zero-order valence-electron chi connectivity index (χ0n) is 12.7. The number of aromatic nitrogens is 1. The molecule has 1 aromatic heterocycles. The number of amides is 2. The van der Waals surface area contributed by atoms with Crippen LogP contribution in [-0.2, 0) is 6.42 Å². The topological polar surface area (TPSA) is 78.6 Å². The SMILES string of the molecule is CCc1nc2cc(NC(=O)N3CCCC(CO)C3)ccc2o1. The highest BCUT2D eigenvalue weighted by Crippen LogP contribution is 2.21. The van der Waals surface area contributed by atoms with Crippen molar-refractivity contribution in [3.63, 3.8) is 0 Å². The van der Waals surface area contributed by atoms with Gasteiger partial charge in [0, 0.05) is 31.8 Å². The molecule has 3 rings (SSSR count). The van der Waals surface area contributed by atoms with Gasteiger partial charge in [0.05, 0.1) is 0 Å². The number of rotatable bonds is 3. The zero-order valence-corrected chi connectivity index (χ0v) is 12.7. The van der Waals surface area contributed by atoms with Crippen LogP contribution in [0.1, 0.15) is 25.7 Å². The lowest BCUT2D eigenvalue weighted by Gasteiger charge is -2.31. The largest absolute Gasteiger partial charge is 0.441 e. The monoisotopic (exact) mass is 303 g/mol. The third-order valence-corrected chi connectivity index (χ3v) is 4.05. The van der Waals surface area contributed by atoms with Crippen molar-refractivity contribution < 1.29 is 14.3 Å². The van der Waals surface area contributed by atoms with Gasteiger partial charge in [0.2, 0.25) is 0 Å². The number of anilines is 1. The maximum Gasteiger partial charge on any atom is 0.321 e. The molecule has 1 aliphatic rings. The van der Waals surface area contributed by atoms with Crippen molar-refractivity contribution in [1.82, 2.24) is 9.88 Å². The maximum atomic E-state index is 12.3. The second-order valence-electron chi connectivity index (χ2n) is 5.71. The van der Waals surface area contributed by atoms with Gasteiger partial charge in [0.15, 0.2) is 11.5 Å². The van der Waals surface area contributed by atoms with E-state index in [9.17, 15) is 9.90 Å². The van der Waals surface area contributed by atoms with Gasteiger partial charge < -0.3 is 19.7 Å². The van der Waals surface area contributed by atoms with Crippen molar-refractivity contribution in [3.8, 4) is 0 Å². The molecule has 2 heterocycles. The van der Waals surface area contributed by atoms with Gasteiger partial charge in [-0.25, -0.2) is 9.78 Å². The van der Waals surface area contributed by atoms with E-state index in [2.05, 4.69) is 10.3 Å². The van der Waals surface area contributed by atoms with Crippen molar-refractivity contribution in [2.45, 2.75) is 26.2 Å². The number of fused-ring (bicyclic) bond motifs is 1. The fraction of sp³-hybridized carbons (Fsp3) is 0.500. The number of aliphatic hydroxyl groups is 1. The number of nitrogens with zero attached hydrogens (tertiary/aromatic N) is 2. The Kier molecular flexibility index (Phi) is 4.29. The van der Waals surface area contributed by atoms with E-state index in [1.165, 1.54) is 0 Å². The van der Waals surface area contributed by atoms with E-state index in [4.69, 9.17) is 4.42 Å². The zero-order chi connectivity index (χ0) is 15.5. The Morgan fingerprint density at radius 2 is 2.41 bits per heavy atom. The molecule has 0 radical (unpaired) electrons. The molecule has 2 aromatic rings. The Bertz CT molecular complexity index is 668. The van der Waals surface area contributed by atoms with Gasteiger partial charge in [-0.2, -0.15) is 0 Å². The number of likely N-dealkylation sites (tertiary alicyclic amines) is 1. The number of oxazole rings is 1. The molecule has 1 saturated heterocycles. The highest BCUT2D eigenvalue weighted by atomic mass is 16.3. The molecule has 0 spiro atoms. The van der Waals surface area contributed by atoms with Gasteiger partial charge in [-0.05, 0) is 37.0 Å². The van der Waals surface area contributed by atoms with E-state index in [-0.39, 0.29) is 18.6 Å². The van der Waals surface area contributed by atoms with Crippen LogP contribution in [-0.4, -0.2) is 40.7 Å². The number of hydrogen-bond acceptors (Lipinski definition) is 4. The van der Waals surface area contributed by atoms with Crippen LogP contribution in [0.2, 0.25) is 0 Å². The average molecular weight is 303 g/mol. The lowest BCUT2D eigenvalue weighted by molar-refractivity contribution is 0.136. The van der Waals surface area contributed by atoms with E-state index < -0.39 is 0 Å². The molecule has 6 nitrogen and oxygen atoms in total. The first-order valence-corrected chi connectivity index (χ1v) is 7.76. The first kappa shape index (κ1) is 14.8. The summed E-state index contributed by atoms with van der Waals surface area (Å²) in [5.41, 5.74) is 2.19. The summed E-state index contributed by atoms with van der Waals surface area (Å²) in [4.78, 5) is 18.4. The van der Waals surface area contributed by atoms with E-state index in [0.29, 0.717) is 18.1 Å². The predicted molar refractivity (Wildman–Crippen MR) is 83.8 cm³/mol. The van der Waals surface area contributed by atoms with E-state index in [0.717, 1.165) is 36.9 Å². The molecule has 2 amide bonds. The van der Waals surface area contributed by atoms with Gasteiger partial charge >= 0.3 is 6.03 Å². The average Bonchev–Trinajstić information content (AvgIpc) is 2.97. The molecular weight excluding hydrogens is 282 g/mol. The predicted octanol–water partition coefficient (Wildman–Crippen LogP) is 2.63. The minimum Gasteiger partial charge on any atom is -0.441 e. The van der Waals surface area contributed by atoms with Crippen LogP contribution in [0.4, 0.5) is 10.5 Å². The third-order valence-electron chi connectivity index (χ3n) is 4.05. The van der Waals surface area contributed by atoms with E-state index in [1.54, 1.807) is 4.90 Å². The fourth-order valence-corrected chi connectivity index (χ4v) is 2.81. The van der Waals surface area contributed by atoms with Crippen LogP contribution in [0.3, 0.4) is 0 Å². The quantitative estimate of drug-likeness (QED) is 0.913. The summed E-state index contributed by atoms with van der Waals surface area (Å²) >= 11 is 0. The number of carbonyl (C=O) groups excluding carboxylic acids is 1. The van der Waals surface area contributed by atoms with Crippen molar-refractivity contribution in [2.75, 3.05) is 25.0 Å². The molecule has 1 aromatic carbocycles. The second-order valence-corrected chi connectivity index (χ2v) is 5.71. The molecule has 1 unspecified atom stereocenters. The molecule has 0 aliphatic carbocycles. The number of piperidine rings is 1. The van der Waals surface area contributed by atoms with E-state index >= 15 is 0 Å². The summed E-state index contributed by atoms with van der Waals surface area (Å²) in [6.07, 6.45) is 2.65. The van der Waals surface area contributed by atoms with Crippen LogP contribution in [0.5, 0.6) is 0 Å². The molecule has 1 fully saturated rings. The standard InChI is InChI=1S/C16H21N3O3/c1-2-15-18-13-8-12(5-6-14(13)22-15)17-16(21)19-7-3-4-11(9-19)10-20/h5-6,8,11,20H,2-4,7,9-10H2,1H3,(H,17,21). The molecule has 6 heteroatoms. The highest BCUT2D eigenvalue weighted by Gasteiger charge is 2.23.